The molecule has 0 aliphatic carbocycles. The lowest BCUT2D eigenvalue weighted by atomic mass is 10.0. The maximum Gasteiger partial charge on any atom is 0.223 e. The fraction of sp³-hybridized carbons (Fsp3) is 0.500. The van der Waals surface area contributed by atoms with Gasteiger partial charge in [0.25, 0.3) is 0 Å². The van der Waals surface area contributed by atoms with E-state index >= 15 is 0 Å². The van der Waals surface area contributed by atoms with Gasteiger partial charge in [-0.3, -0.25) is 9.59 Å². The second-order valence-electron chi connectivity index (χ2n) is 5.26. The molecule has 1 amide bonds. The number of benzene rings is 1. The van der Waals surface area contributed by atoms with Crippen molar-refractivity contribution in [1.29, 1.82) is 0 Å². The first-order valence-corrected chi connectivity index (χ1v) is 7.09. The Kier molecular flexibility index (Phi) is 4.77. The Bertz CT molecular complexity index is 498. The van der Waals surface area contributed by atoms with Crippen LogP contribution in [-0.2, 0) is 4.79 Å². The van der Waals surface area contributed by atoms with Gasteiger partial charge in [-0.1, -0.05) is 25.5 Å². The van der Waals surface area contributed by atoms with E-state index in [2.05, 4.69) is 6.92 Å². The number of likely N-dealkylation sites (tertiary alicyclic amines) is 1. The molecule has 4 nitrogen and oxygen atoms in total. The van der Waals surface area contributed by atoms with Gasteiger partial charge < -0.3 is 9.64 Å². The first kappa shape index (κ1) is 14.6. The van der Waals surface area contributed by atoms with Gasteiger partial charge in [0.05, 0.1) is 19.2 Å². The van der Waals surface area contributed by atoms with Crippen LogP contribution in [0, 0.1) is 5.92 Å². The summed E-state index contributed by atoms with van der Waals surface area (Å²) in [5.74, 6) is 0.992. The zero-order valence-electron chi connectivity index (χ0n) is 12.1. The number of ketones is 1. The lowest BCUT2D eigenvalue weighted by molar-refractivity contribution is -0.127. The van der Waals surface area contributed by atoms with Crippen molar-refractivity contribution in [3.63, 3.8) is 0 Å². The van der Waals surface area contributed by atoms with Crippen LogP contribution in [0.1, 0.15) is 36.5 Å². The van der Waals surface area contributed by atoms with Crippen molar-refractivity contribution in [2.75, 3.05) is 20.2 Å². The number of ether oxygens (including phenoxy) is 1. The Morgan fingerprint density at radius 2 is 2.15 bits per heavy atom. The first-order chi connectivity index (χ1) is 9.65. The van der Waals surface area contributed by atoms with Gasteiger partial charge in [-0.15, -0.1) is 0 Å². The SMILES string of the molecule is CCCC1CC(=O)N(CC(=O)c2ccccc2OC)C1. The van der Waals surface area contributed by atoms with E-state index in [0.717, 1.165) is 12.8 Å². The van der Waals surface area contributed by atoms with Crippen molar-refractivity contribution in [2.45, 2.75) is 26.2 Å². The summed E-state index contributed by atoms with van der Waals surface area (Å²) in [4.78, 5) is 25.9. The normalized spacial score (nSPS) is 18.4. The highest BCUT2D eigenvalue weighted by Crippen LogP contribution is 2.24. The van der Waals surface area contributed by atoms with E-state index in [1.54, 1.807) is 30.2 Å². The molecule has 0 bridgehead atoms. The molecular weight excluding hydrogens is 254 g/mol. The van der Waals surface area contributed by atoms with Gasteiger partial charge in [-0.05, 0) is 24.5 Å². The molecule has 1 fully saturated rings. The molecule has 0 spiro atoms. The summed E-state index contributed by atoms with van der Waals surface area (Å²) in [5.41, 5.74) is 0.543. The minimum Gasteiger partial charge on any atom is -0.496 e. The average molecular weight is 275 g/mol. The van der Waals surface area contributed by atoms with Crippen LogP contribution < -0.4 is 4.74 Å². The molecule has 0 N–H and O–H groups in total. The topological polar surface area (TPSA) is 46.6 Å². The Morgan fingerprint density at radius 1 is 1.40 bits per heavy atom. The van der Waals surface area contributed by atoms with E-state index < -0.39 is 0 Å². The molecule has 1 atom stereocenters. The highest BCUT2D eigenvalue weighted by molar-refractivity contribution is 6.01. The van der Waals surface area contributed by atoms with E-state index in [0.29, 0.717) is 30.2 Å². The summed E-state index contributed by atoms with van der Waals surface area (Å²) in [5, 5.41) is 0. The number of nitrogens with zero attached hydrogens (tertiary/aromatic N) is 1. The van der Waals surface area contributed by atoms with Gasteiger partial charge in [0, 0.05) is 13.0 Å². The lowest BCUT2D eigenvalue weighted by Gasteiger charge is -2.16. The molecule has 1 aromatic rings. The molecule has 0 saturated carbocycles. The molecule has 20 heavy (non-hydrogen) atoms. The second-order valence-corrected chi connectivity index (χ2v) is 5.26. The molecule has 1 saturated heterocycles. The molecular formula is C16H21NO3. The minimum atomic E-state index is -0.0621. The van der Waals surface area contributed by atoms with Crippen molar-refractivity contribution in [3.8, 4) is 5.75 Å². The van der Waals surface area contributed by atoms with Crippen LogP contribution in [0.25, 0.3) is 0 Å². The summed E-state index contributed by atoms with van der Waals surface area (Å²) in [6.07, 6.45) is 2.70. The maximum absolute atomic E-state index is 12.3. The number of Topliss-reactive ketones (excluding diaryl/α,β-unsaturated/α-hetero) is 1. The van der Waals surface area contributed by atoms with Gasteiger partial charge in [0.15, 0.2) is 5.78 Å². The predicted molar refractivity (Wildman–Crippen MR) is 76.9 cm³/mol. The third-order valence-electron chi connectivity index (χ3n) is 3.73. The number of hydrogen-bond donors (Lipinski definition) is 0. The van der Waals surface area contributed by atoms with E-state index in [1.807, 2.05) is 6.07 Å². The molecule has 1 aliphatic heterocycles. The highest BCUT2D eigenvalue weighted by atomic mass is 16.5. The highest BCUT2D eigenvalue weighted by Gasteiger charge is 2.30. The van der Waals surface area contributed by atoms with Gasteiger partial charge >= 0.3 is 0 Å². The Morgan fingerprint density at radius 3 is 2.85 bits per heavy atom. The summed E-state index contributed by atoms with van der Waals surface area (Å²) >= 11 is 0. The third kappa shape index (κ3) is 3.18. The molecule has 1 heterocycles. The maximum atomic E-state index is 12.3. The second kappa shape index (κ2) is 6.55. The third-order valence-corrected chi connectivity index (χ3v) is 3.73. The fourth-order valence-corrected chi connectivity index (χ4v) is 2.74. The van der Waals surface area contributed by atoms with Crippen molar-refractivity contribution in [1.82, 2.24) is 4.90 Å². The number of para-hydroxylation sites is 1. The first-order valence-electron chi connectivity index (χ1n) is 7.09. The minimum absolute atomic E-state index is 0.0621. The van der Waals surface area contributed by atoms with Crippen LogP contribution >= 0.6 is 0 Å². The van der Waals surface area contributed by atoms with Crippen LogP contribution in [0.5, 0.6) is 5.75 Å². The molecule has 108 valence electrons. The number of amides is 1. The summed E-state index contributed by atoms with van der Waals surface area (Å²) in [6.45, 7) is 2.97. The number of methoxy groups -OCH3 is 1. The van der Waals surface area contributed by atoms with Crippen LogP contribution in [0.4, 0.5) is 0 Å². The summed E-state index contributed by atoms with van der Waals surface area (Å²) < 4.78 is 5.19. The van der Waals surface area contributed by atoms with Gasteiger partial charge in [0.1, 0.15) is 5.75 Å². The van der Waals surface area contributed by atoms with Gasteiger partial charge in [-0.25, -0.2) is 0 Å². The average Bonchev–Trinajstić information content (AvgIpc) is 2.79. The summed E-state index contributed by atoms with van der Waals surface area (Å²) in [7, 11) is 1.55. The van der Waals surface area contributed by atoms with Crippen LogP contribution in [0.15, 0.2) is 24.3 Å². The fourth-order valence-electron chi connectivity index (χ4n) is 2.74. The molecule has 0 aromatic heterocycles. The number of hydrogen-bond acceptors (Lipinski definition) is 3. The van der Waals surface area contributed by atoms with Crippen molar-refractivity contribution in [2.24, 2.45) is 5.92 Å². The predicted octanol–water partition coefficient (Wildman–Crippen LogP) is 2.53. The van der Waals surface area contributed by atoms with E-state index in [4.69, 9.17) is 4.74 Å². The zero-order valence-corrected chi connectivity index (χ0v) is 12.1. The summed E-state index contributed by atoms with van der Waals surface area (Å²) in [6, 6.07) is 7.14. The standard InChI is InChI=1S/C16H21NO3/c1-3-6-12-9-16(19)17(10-12)11-14(18)13-7-4-5-8-15(13)20-2/h4-5,7-8,12H,3,6,9-11H2,1-2H3. The van der Waals surface area contributed by atoms with E-state index in [9.17, 15) is 9.59 Å². The quantitative estimate of drug-likeness (QED) is 0.749. The molecule has 1 aliphatic rings. The molecule has 1 unspecified atom stereocenters. The van der Waals surface area contributed by atoms with Crippen LogP contribution in [-0.4, -0.2) is 36.8 Å². The zero-order chi connectivity index (χ0) is 14.5. The Hall–Kier alpha value is -1.84. The Labute approximate surface area is 119 Å². The number of rotatable bonds is 6. The van der Waals surface area contributed by atoms with Gasteiger partial charge in [-0.2, -0.15) is 0 Å². The van der Waals surface area contributed by atoms with Crippen LogP contribution in [0.2, 0.25) is 0 Å². The number of carbonyl (C=O) groups excluding carboxylic acids is 2. The Balaban J connectivity index is 2.03. The lowest BCUT2D eigenvalue weighted by Crippen LogP contribution is -2.31. The molecule has 4 heteroatoms. The number of carbonyl (C=O) groups is 2. The van der Waals surface area contributed by atoms with Crippen molar-refractivity contribution in [3.05, 3.63) is 29.8 Å². The smallest absolute Gasteiger partial charge is 0.223 e. The van der Waals surface area contributed by atoms with Crippen molar-refractivity contribution < 1.29 is 14.3 Å². The molecule has 0 radical (unpaired) electrons. The van der Waals surface area contributed by atoms with Gasteiger partial charge in [0.2, 0.25) is 5.91 Å². The monoisotopic (exact) mass is 275 g/mol. The van der Waals surface area contributed by atoms with E-state index in [1.165, 1.54) is 0 Å². The van der Waals surface area contributed by atoms with Crippen LogP contribution in [0.3, 0.4) is 0 Å². The van der Waals surface area contributed by atoms with E-state index in [-0.39, 0.29) is 18.2 Å². The molecule has 1 aromatic carbocycles. The molecule has 2 rings (SSSR count). The van der Waals surface area contributed by atoms with Crippen molar-refractivity contribution >= 4 is 11.7 Å². The largest absolute Gasteiger partial charge is 0.496 e.